The molecular formula is C16H18ClN3O2. The molecule has 0 aliphatic rings. The first-order valence-electron chi connectivity index (χ1n) is 6.88. The van der Waals surface area contributed by atoms with Crippen LogP contribution in [-0.4, -0.2) is 30.5 Å². The fourth-order valence-electron chi connectivity index (χ4n) is 2.24. The van der Waals surface area contributed by atoms with Crippen molar-refractivity contribution in [2.24, 2.45) is 0 Å². The zero-order chi connectivity index (χ0) is 16.1. The Kier molecular flexibility index (Phi) is 5.35. The predicted octanol–water partition coefficient (Wildman–Crippen LogP) is 3.96. The maximum Gasteiger partial charge on any atom is 0.271 e. The topological polar surface area (TPSA) is 58.4 Å². The van der Waals surface area contributed by atoms with Gasteiger partial charge in [0, 0.05) is 18.7 Å². The van der Waals surface area contributed by atoms with Crippen molar-refractivity contribution < 1.29 is 4.92 Å². The molecule has 0 bridgehead atoms. The van der Waals surface area contributed by atoms with Gasteiger partial charge in [-0.05, 0) is 25.7 Å². The van der Waals surface area contributed by atoms with Crippen molar-refractivity contribution >= 4 is 23.0 Å². The van der Waals surface area contributed by atoms with Gasteiger partial charge in [-0.1, -0.05) is 41.9 Å². The SMILES string of the molecule is CN(C)C(CNc1ccc([N+](=O)[O-])cc1Cl)c1ccccc1. The van der Waals surface area contributed by atoms with Crippen LogP contribution < -0.4 is 5.32 Å². The van der Waals surface area contributed by atoms with Crippen molar-refractivity contribution in [3.63, 3.8) is 0 Å². The summed E-state index contributed by atoms with van der Waals surface area (Å²) >= 11 is 6.10. The molecule has 22 heavy (non-hydrogen) atoms. The summed E-state index contributed by atoms with van der Waals surface area (Å²) in [7, 11) is 4.02. The second-order valence-electron chi connectivity index (χ2n) is 5.19. The van der Waals surface area contributed by atoms with E-state index in [1.54, 1.807) is 6.07 Å². The third-order valence-electron chi connectivity index (χ3n) is 3.46. The summed E-state index contributed by atoms with van der Waals surface area (Å²) < 4.78 is 0. The summed E-state index contributed by atoms with van der Waals surface area (Å²) in [5.74, 6) is 0. The molecule has 0 aromatic heterocycles. The maximum atomic E-state index is 10.7. The zero-order valence-electron chi connectivity index (χ0n) is 12.5. The van der Waals surface area contributed by atoms with Gasteiger partial charge in [0.25, 0.3) is 5.69 Å². The number of hydrogen-bond acceptors (Lipinski definition) is 4. The largest absolute Gasteiger partial charge is 0.382 e. The van der Waals surface area contributed by atoms with Crippen molar-refractivity contribution in [1.82, 2.24) is 4.90 Å². The first-order valence-corrected chi connectivity index (χ1v) is 7.26. The van der Waals surface area contributed by atoms with Gasteiger partial charge in [-0.2, -0.15) is 0 Å². The number of rotatable bonds is 6. The minimum absolute atomic E-state index is 0.0113. The number of anilines is 1. The van der Waals surface area contributed by atoms with Crippen molar-refractivity contribution in [3.05, 3.63) is 69.2 Å². The molecule has 0 saturated carbocycles. The fraction of sp³-hybridized carbons (Fsp3) is 0.250. The molecular weight excluding hydrogens is 302 g/mol. The van der Waals surface area contributed by atoms with Gasteiger partial charge in [-0.25, -0.2) is 0 Å². The van der Waals surface area contributed by atoms with Crippen LogP contribution in [0.5, 0.6) is 0 Å². The van der Waals surface area contributed by atoms with E-state index in [2.05, 4.69) is 22.3 Å². The molecule has 116 valence electrons. The van der Waals surface area contributed by atoms with Crippen LogP contribution in [-0.2, 0) is 0 Å². The van der Waals surface area contributed by atoms with Gasteiger partial charge in [-0.15, -0.1) is 0 Å². The molecule has 5 nitrogen and oxygen atoms in total. The van der Waals surface area contributed by atoms with Gasteiger partial charge in [0.15, 0.2) is 0 Å². The predicted molar refractivity (Wildman–Crippen MR) is 89.5 cm³/mol. The minimum atomic E-state index is -0.456. The molecule has 2 aromatic carbocycles. The van der Waals surface area contributed by atoms with Gasteiger partial charge >= 0.3 is 0 Å². The van der Waals surface area contributed by atoms with Gasteiger partial charge in [0.2, 0.25) is 0 Å². The van der Waals surface area contributed by atoms with Gasteiger partial charge in [0.1, 0.15) is 0 Å². The Morgan fingerprint density at radius 1 is 1.23 bits per heavy atom. The molecule has 2 rings (SSSR count). The van der Waals surface area contributed by atoms with E-state index in [0.29, 0.717) is 17.3 Å². The van der Waals surface area contributed by atoms with E-state index in [0.717, 1.165) is 0 Å². The Morgan fingerprint density at radius 3 is 2.45 bits per heavy atom. The van der Waals surface area contributed by atoms with E-state index in [4.69, 9.17) is 11.6 Å². The zero-order valence-corrected chi connectivity index (χ0v) is 13.2. The maximum absolute atomic E-state index is 10.7. The minimum Gasteiger partial charge on any atom is -0.382 e. The highest BCUT2D eigenvalue weighted by molar-refractivity contribution is 6.33. The Labute approximate surface area is 134 Å². The molecule has 0 heterocycles. The van der Waals surface area contributed by atoms with E-state index in [1.807, 2.05) is 32.3 Å². The third-order valence-corrected chi connectivity index (χ3v) is 3.77. The molecule has 1 unspecified atom stereocenters. The lowest BCUT2D eigenvalue weighted by atomic mass is 10.1. The van der Waals surface area contributed by atoms with Crippen LogP contribution in [0.1, 0.15) is 11.6 Å². The highest BCUT2D eigenvalue weighted by Gasteiger charge is 2.15. The second kappa shape index (κ2) is 7.24. The highest BCUT2D eigenvalue weighted by atomic mass is 35.5. The molecule has 1 N–H and O–H groups in total. The van der Waals surface area contributed by atoms with Crippen LogP contribution in [0.25, 0.3) is 0 Å². The van der Waals surface area contributed by atoms with E-state index >= 15 is 0 Å². The number of likely N-dealkylation sites (N-methyl/N-ethyl adjacent to an activating group) is 1. The summed E-state index contributed by atoms with van der Waals surface area (Å²) in [6.07, 6.45) is 0. The fourth-order valence-corrected chi connectivity index (χ4v) is 2.48. The number of non-ortho nitro benzene ring substituents is 1. The van der Waals surface area contributed by atoms with Crippen molar-refractivity contribution in [2.45, 2.75) is 6.04 Å². The van der Waals surface area contributed by atoms with E-state index in [9.17, 15) is 10.1 Å². The second-order valence-corrected chi connectivity index (χ2v) is 5.60. The number of nitrogens with zero attached hydrogens (tertiary/aromatic N) is 2. The first kappa shape index (κ1) is 16.3. The van der Waals surface area contributed by atoms with Gasteiger partial charge in [-0.3, -0.25) is 10.1 Å². The summed E-state index contributed by atoms with van der Waals surface area (Å²) in [6, 6.07) is 14.8. The number of nitrogens with one attached hydrogen (secondary N) is 1. The van der Waals surface area contributed by atoms with Crippen molar-refractivity contribution in [3.8, 4) is 0 Å². The quantitative estimate of drug-likeness (QED) is 0.646. The Balaban J connectivity index is 2.12. The van der Waals surface area contributed by atoms with E-state index in [1.165, 1.54) is 17.7 Å². The Morgan fingerprint density at radius 2 is 1.91 bits per heavy atom. The van der Waals surface area contributed by atoms with Crippen LogP contribution in [0.2, 0.25) is 5.02 Å². The molecule has 1 atom stereocenters. The number of nitro benzene ring substituents is 1. The van der Waals surface area contributed by atoms with Crippen LogP contribution in [0.15, 0.2) is 48.5 Å². The molecule has 0 aliphatic heterocycles. The van der Waals surface area contributed by atoms with Crippen LogP contribution in [0, 0.1) is 10.1 Å². The molecule has 0 aliphatic carbocycles. The molecule has 0 radical (unpaired) electrons. The summed E-state index contributed by atoms with van der Waals surface area (Å²) in [5, 5.41) is 14.3. The van der Waals surface area contributed by atoms with Crippen LogP contribution in [0.3, 0.4) is 0 Å². The summed E-state index contributed by atoms with van der Waals surface area (Å²) in [4.78, 5) is 12.4. The molecule has 6 heteroatoms. The molecule has 2 aromatic rings. The van der Waals surface area contributed by atoms with Gasteiger partial charge < -0.3 is 10.2 Å². The number of nitro groups is 1. The lowest BCUT2D eigenvalue weighted by molar-refractivity contribution is -0.384. The monoisotopic (exact) mass is 319 g/mol. The van der Waals surface area contributed by atoms with Crippen molar-refractivity contribution in [2.75, 3.05) is 26.0 Å². The van der Waals surface area contributed by atoms with Crippen LogP contribution in [0.4, 0.5) is 11.4 Å². The normalized spacial score (nSPS) is 12.2. The average Bonchev–Trinajstić information content (AvgIpc) is 2.49. The standard InChI is InChI=1S/C16H18ClN3O2/c1-19(2)16(12-6-4-3-5-7-12)11-18-15-9-8-13(20(21)22)10-14(15)17/h3-10,16,18H,11H2,1-2H3. The van der Waals surface area contributed by atoms with Crippen molar-refractivity contribution in [1.29, 1.82) is 0 Å². The number of benzene rings is 2. The Bertz CT molecular complexity index is 647. The summed E-state index contributed by atoms with van der Waals surface area (Å²) in [5.41, 5.74) is 1.87. The lowest BCUT2D eigenvalue weighted by Crippen LogP contribution is -2.26. The lowest BCUT2D eigenvalue weighted by Gasteiger charge is -2.25. The highest BCUT2D eigenvalue weighted by Crippen LogP contribution is 2.28. The summed E-state index contributed by atoms with van der Waals surface area (Å²) in [6.45, 7) is 0.647. The molecule has 0 amide bonds. The number of halogens is 1. The average molecular weight is 320 g/mol. The smallest absolute Gasteiger partial charge is 0.271 e. The number of hydrogen-bond donors (Lipinski definition) is 1. The molecule has 0 saturated heterocycles. The van der Waals surface area contributed by atoms with Gasteiger partial charge in [0.05, 0.1) is 21.7 Å². The van der Waals surface area contributed by atoms with E-state index in [-0.39, 0.29) is 11.7 Å². The molecule has 0 fully saturated rings. The third kappa shape index (κ3) is 3.96. The first-order chi connectivity index (χ1) is 10.5. The molecule has 0 spiro atoms. The van der Waals surface area contributed by atoms with Crippen LogP contribution >= 0.6 is 11.6 Å². The Hall–Kier alpha value is -2.11. The van der Waals surface area contributed by atoms with E-state index < -0.39 is 4.92 Å².